The van der Waals surface area contributed by atoms with Crippen molar-refractivity contribution in [3.05, 3.63) is 6.20 Å². The van der Waals surface area contributed by atoms with Crippen molar-refractivity contribution in [1.82, 2.24) is 10.2 Å². The zero-order chi connectivity index (χ0) is 9.68. The Labute approximate surface area is 75.5 Å². The molecule has 0 saturated carbocycles. The van der Waals surface area contributed by atoms with Crippen LogP contribution in [0.4, 0.5) is 11.5 Å². The second-order valence-corrected chi connectivity index (χ2v) is 2.45. The maximum absolute atomic E-state index is 10.7. The number of esters is 1. The summed E-state index contributed by atoms with van der Waals surface area (Å²) >= 11 is 0. The number of nitrogens with two attached hydrogens (primary N) is 1. The van der Waals surface area contributed by atoms with Gasteiger partial charge in [0.05, 0.1) is 25.4 Å². The number of hydrogen-bond donors (Lipinski definition) is 3. The molecule has 72 valence electrons. The largest absolute Gasteiger partial charge is 0.469 e. The van der Waals surface area contributed by atoms with Crippen molar-refractivity contribution in [3.8, 4) is 0 Å². The highest BCUT2D eigenvalue weighted by Crippen LogP contribution is 2.12. The molecule has 1 aromatic heterocycles. The molecule has 1 aromatic rings. The fraction of sp³-hybridized carbons (Fsp3) is 0.429. The SMILES string of the molecule is COC(=O)CCNc1cn[nH]c1N. The Hall–Kier alpha value is -1.72. The lowest BCUT2D eigenvalue weighted by molar-refractivity contribution is -0.140. The Morgan fingerprint density at radius 1 is 1.85 bits per heavy atom. The molecular weight excluding hydrogens is 172 g/mol. The van der Waals surface area contributed by atoms with E-state index in [9.17, 15) is 4.79 Å². The van der Waals surface area contributed by atoms with Gasteiger partial charge >= 0.3 is 5.97 Å². The van der Waals surface area contributed by atoms with Crippen molar-refractivity contribution in [2.24, 2.45) is 0 Å². The van der Waals surface area contributed by atoms with Crippen LogP contribution in [-0.4, -0.2) is 29.8 Å². The normalized spacial score (nSPS) is 9.62. The molecule has 0 aliphatic rings. The smallest absolute Gasteiger partial charge is 0.307 e. The van der Waals surface area contributed by atoms with E-state index in [-0.39, 0.29) is 5.97 Å². The van der Waals surface area contributed by atoms with Crippen molar-refractivity contribution in [2.75, 3.05) is 24.7 Å². The maximum Gasteiger partial charge on any atom is 0.307 e. The summed E-state index contributed by atoms with van der Waals surface area (Å²) in [6.45, 7) is 0.483. The van der Waals surface area contributed by atoms with E-state index in [1.165, 1.54) is 7.11 Å². The summed E-state index contributed by atoms with van der Waals surface area (Å²) < 4.78 is 4.47. The molecule has 0 unspecified atom stereocenters. The molecule has 0 fully saturated rings. The van der Waals surface area contributed by atoms with Crippen LogP contribution in [0.5, 0.6) is 0 Å². The summed E-state index contributed by atoms with van der Waals surface area (Å²) in [5, 5.41) is 9.22. The monoisotopic (exact) mass is 184 g/mol. The first-order valence-corrected chi connectivity index (χ1v) is 3.83. The second-order valence-electron chi connectivity index (χ2n) is 2.45. The molecule has 0 amide bonds. The van der Waals surface area contributed by atoms with Crippen molar-refractivity contribution in [2.45, 2.75) is 6.42 Å². The van der Waals surface area contributed by atoms with Gasteiger partial charge < -0.3 is 15.8 Å². The van der Waals surface area contributed by atoms with Crippen LogP contribution in [0.15, 0.2) is 6.20 Å². The van der Waals surface area contributed by atoms with Gasteiger partial charge in [0, 0.05) is 6.54 Å². The zero-order valence-electron chi connectivity index (χ0n) is 7.33. The highest BCUT2D eigenvalue weighted by molar-refractivity contribution is 5.70. The maximum atomic E-state index is 10.7. The minimum atomic E-state index is -0.255. The summed E-state index contributed by atoms with van der Waals surface area (Å²) in [5.41, 5.74) is 6.19. The van der Waals surface area contributed by atoms with Gasteiger partial charge in [0.25, 0.3) is 0 Å². The van der Waals surface area contributed by atoms with Crippen molar-refractivity contribution in [1.29, 1.82) is 0 Å². The minimum absolute atomic E-state index is 0.255. The number of rotatable bonds is 4. The summed E-state index contributed by atoms with van der Waals surface area (Å²) in [4.78, 5) is 10.7. The number of methoxy groups -OCH3 is 1. The minimum Gasteiger partial charge on any atom is -0.469 e. The summed E-state index contributed by atoms with van der Waals surface area (Å²) in [7, 11) is 1.36. The van der Waals surface area contributed by atoms with E-state index in [0.29, 0.717) is 24.5 Å². The highest BCUT2D eigenvalue weighted by Gasteiger charge is 2.02. The summed E-state index contributed by atoms with van der Waals surface area (Å²) in [5.74, 6) is 0.208. The van der Waals surface area contributed by atoms with Gasteiger partial charge in [-0.3, -0.25) is 9.89 Å². The molecule has 0 spiro atoms. The lowest BCUT2D eigenvalue weighted by Crippen LogP contribution is -2.10. The fourth-order valence-corrected chi connectivity index (χ4v) is 0.838. The molecular formula is C7H12N4O2. The zero-order valence-corrected chi connectivity index (χ0v) is 7.33. The highest BCUT2D eigenvalue weighted by atomic mass is 16.5. The number of aromatic nitrogens is 2. The van der Waals surface area contributed by atoms with Gasteiger partial charge in [-0.25, -0.2) is 0 Å². The second kappa shape index (κ2) is 4.34. The number of anilines is 2. The first-order chi connectivity index (χ1) is 6.24. The molecule has 0 aromatic carbocycles. The molecule has 13 heavy (non-hydrogen) atoms. The molecule has 6 nitrogen and oxygen atoms in total. The Bertz CT molecular complexity index is 284. The molecule has 0 saturated heterocycles. The van der Waals surface area contributed by atoms with Crippen LogP contribution in [0.2, 0.25) is 0 Å². The molecule has 1 heterocycles. The summed E-state index contributed by atoms with van der Waals surface area (Å²) in [6.07, 6.45) is 1.87. The molecule has 0 aliphatic heterocycles. The number of aromatic amines is 1. The quantitative estimate of drug-likeness (QED) is 0.571. The Kier molecular flexibility index (Phi) is 3.13. The average molecular weight is 184 g/mol. The standard InChI is InChI=1S/C7H12N4O2/c1-13-6(12)2-3-9-5-4-10-11-7(5)8/h4,9H,2-3H2,1H3,(H3,8,10,11). The van der Waals surface area contributed by atoms with Crippen molar-refractivity contribution < 1.29 is 9.53 Å². The van der Waals surface area contributed by atoms with E-state index in [1.807, 2.05) is 0 Å². The van der Waals surface area contributed by atoms with Crippen LogP contribution in [-0.2, 0) is 9.53 Å². The number of ether oxygens (including phenoxy) is 1. The van der Waals surface area contributed by atoms with Gasteiger partial charge in [0.2, 0.25) is 0 Å². The van der Waals surface area contributed by atoms with E-state index in [0.717, 1.165) is 0 Å². The van der Waals surface area contributed by atoms with E-state index < -0.39 is 0 Å². The average Bonchev–Trinajstić information content (AvgIpc) is 2.52. The topological polar surface area (TPSA) is 93.0 Å². The predicted octanol–water partition coefficient (Wildman–Crippen LogP) is -0.0331. The molecule has 4 N–H and O–H groups in total. The van der Waals surface area contributed by atoms with Gasteiger partial charge in [-0.2, -0.15) is 5.10 Å². The van der Waals surface area contributed by atoms with Crippen LogP contribution in [0.3, 0.4) is 0 Å². The number of nitrogen functional groups attached to an aromatic ring is 1. The predicted molar refractivity (Wildman–Crippen MR) is 48.1 cm³/mol. The third-order valence-corrected chi connectivity index (χ3v) is 1.54. The van der Waals surface area contributed by atoms with E-state index >= 15 is 0 Å². The molecule has 0 atom stereocenters. The van der Waals surface area contributed by atoms with Crippen LogP contribution in [0.25, 0.3) is 0 Å². The van der Waals surface area contributed by atoms with Crippen LogP contribution < -0.4 is 11.1 Å². The molecule has 6 heteroatoms. The molecule has 1 rings (SSSR count). The van der Waals surface area contributed by atoms with E-state index in [4.69, 9.17) is 5.73 Å². The number of carbonyl (C=O) groups is 1. The number of carbonyl (C=O) groups excluding carboxylic acids is 1. The van der Waals surface area contributed by atoms with Crippen molar-refractivity contribution >= 4 is 17.5 Å². The van der Waals surface area contributed by atoms with Crippen LogP contribution >= 0.6 is 0 Å². The Morgan fingerprint density at radius 2 is 2.62 bits per heavy atom. The molecule has 0 radical (unpaired) electrons. The van der Waals surface area contributed by atoms with Gasteiger partial charge in [0.1, 0.15) is 5.82 Å². The first kappa shape index (κ1) is 9.37. The number of nitrogens with one attached hydrogen (secondary N) is 2. The molecule has 0 aliphatic carbocycles. The van der Waals surface area contributed by atoms with Crippen LogP contribution in [0, 0.1) is 0 Å². The number of H-pyrrole nitrogens is 1. The van der Waals surface area contributed by atoms with E-state index in [1.54, 1.807) is 6.20 Å². The van der Waals surface area contributed by atoms with Gasteiger partial charge in [0.15, 0.2) is 0 Å². The van der Waals surface area contributed by atoms with Crippen molar-refractivity contribution in [3.63, 3.8) is 0 Å². The Balaban J connectivity index is 2.28. The molecule has 0 bridgehead atoms. The first-order valence-electron chi connectivity index (χ1n) is 3.83. The third-order valence-electron chi connectivity index (χ3n) is 1.54. The van der Waals surface area contributed by atoms with E-state index in [2.05, 4.69) is 20.3 Å². The number of nitrogens with zero attached hydrogens (tertiary/aromatic N) is 1. The van der Waals surface area contributed by atoms with Gasteiger partial charge in [-0.15, -0.1) is 0 Å². The lowest BCUT2D eigenvalue weighted by atomic mass is 10.4. The van der Waals surface area contributed by atoms with Gasteiger partial charge in [-0.1, -0.05) is 0 Å². The fourth-order valence-electron chi connectivity index (χ4n) is 0.838. The number of hydrogen-bond acceptors (Lipinski definition) is 5. The van der Waals surface area contributed by atoms with Gasteiger partial charge in [-0.05, 0) is 0 Å². The lowest BCUT2D eigenvalue weighted by Gasteiger charge is -2.02. The third kappa shape index (κ3) is 2.66. The summed E-state index contributed by atoms with van der Waals surface area (Å²) in [6, 6.07) is 0. The van der Waals surface area contributed by atoms with Crippen LogP contribution in [0.1, 0.15) is 6.42 Å². The Morgan fingerprint density at radius 3 is 3.15 bits per heavy atom.